The molecule has 2 heterocycles. The number of carbonyl (C=O) groups excluding carboxylic acids is 1. The van der Waals surface area contributed by atoms with E-state index >= 15 is 0 Å². The Balaban J connectivity index is 2.23. The summed E-state index contributed by atoms with van der Waals surface area (Å²) in [5.41, 5.74) is 7.22. The molecule has 0 aliphatic carbocycles. The van der Waals surface area contributed by atoms with E-state index in [1.165, 1.54) is 0 Å². The van der Waals surface area contributed by atoms with Gasteiger partial charge < -0.3 is 10.6 Å². The van der Waals surface area contributed by atoms with Crippen LogP contribution in [0.25, 0.3) is 0 Å². The molecule has 20 heavy (non-hydrogen) atoms. The molecular weight excluding hydrogens is 320 g/mol. The van der Waals surface area contributed by atoms with Crippen LogP contribution < -0.4 is 5.73 Å². The maximum absolute atomic E-state index is 12.5. The molecule has 0 unspecified atom stereocenters. The first kappa shape index (κ1) is 14.5. The number of hydrogen-bond acceptors (Lipinski definition) is 4. The number of pyridine rings is 2. The number of halogens is 1. The average Bonchev–Trinajstić information content (AvgIpc) is 2.47. The second-order valence-corrected chi connectivity index (χ2v) is 5.18. The molecule has 2 aromatic heterocycles. The van der Waals surface area contributed by atoms with Gasteiger partial charge in [0.05, 0.1) is 5.56 Å². The summed E-state index contributed by atoms with van der Waals surface area (Å²) in [6.45, 7) is 3.04. The van der Waals surface area contributed by atoms with Gasteiger partial charge in [0, 0.05) is 36.2 Å². The first-order valence-electron chi connectivity index (χ1n) is 6.21. The zero-order valence-electron chi connectivity index (χ0n) is 11.1. The van der Waals surface area contributed by atoms with Crippen molar-refractivity contribution in [2.24, 2.45) is 0 Å². The van der Waals surface area contributed by atoms with E-state index in [0.717, 1.165) is 10.0 Å². The Morgan fingerprint density at radius 1 is 1.40 bits per heavy atom. The highest BCUT2D eigenvalue weighted by atomic mass is 79.9. The number of amides is 1. The summed E-state index contributed by atoms with van der Waals surface area (Å²) in [5.74, 6) is 0.113. The second-order valence-electron chi connectivity index (χ2n) is 4.26. The largest absolute Gasteiger partial charge is 0.383 e. The van der Waals surface area contributed by atoms with Gasteiger partial charge in [-0.05, 0) is 46.6 Å². The first-order chi connectivity index (χ1) is 9.61. The van der Waals surface area contributed by atoms with Gasteiger partial charge in [-0.15, -0.1) is 0 Å². The predicted molar refractivity (Wildman–Crippen MR) is 81.0 cm³/mol. The summed E-state index contributed by atoms with van der Waals surface area (Å²) in [7, 11) is 0. The third kappa shape index (κ3) is 3.33. The minimum atomic E-state index is -0.129. The van der Waals surface area contributed by atoms with Gasteiger partial charge in [-0.3, -0.25) is 9.78 Å². The highest BCUT2D eigenvalue weighted by molar-refractivity contribution is 9.10. The first-order valence-corrected chi connectivity index (χ1v) is 7.00. The fraction of sp³-hybridized carbons (Fsp3) is 0.214. The molecule has 0 fully saturated rings. The number of nitrogen functional groups attached to an aromatic ring is 1. The molecule has 104 valence electrons. The maximum atomic E-state index is 12.5. The number of rotatable bonds is 4. The van der Waals surface area contributed by atoms with E-state index in [-0.39, 0.29) is 11.7 Å². The van der Waals surface area contributed by atoms with E-state index < -0.39 is 0 Å². The fourth-order valence-electron chi connectivity index (χ4n) is 1.83. The van der Waals surface area contributed by atoms with Crippen LogP contribution in [-0.4, -0.2) is 27.3 Å². The standard InChI is InChI=1S/C14H15BrN4O/c1-2-19(9-10-3-5-17-6-4-10)14(20)12-7-11(15)8-18-13(12)16/h3-8H,2,9H2,1H3,(H2,16,18). The highest BCUT2D eigenvalue weighted by Crippen LogP contribution is 2.18. The maximum Gasteiger partial charge on any atom is 0.257 e. The zero-order chi connectivity index (χ0) is 14.5. The molecule has 0 aliphatic heterocycles. The molecule has 0 spiro atoms. The number of aromatic nitrogens is 2. The predicted octanol–water partition coefficient (Wildman–Crippen LogP) is 2.48. The van der Waals surface area contributed by atoms with Gasteiger partial charge in [0.15, 0.2) is 0 Å². The molecule has 0 atom stereocenters. The monoisotopic (exact) mass is 334 g/mol. The third-order valence-electron chi connectivity index (χ3n) is 2.91. The van der Waals surface area contributed by atoms with E-state index in [2.05, 4.69) is 25.9 Å². The Kier molecular flexibility index (Phi) is 4.68. The van der Waals surface area contributed by atoms with Crippen LogP contribution >= 0.6 is 15.9 Å². The lowest BCUT2D eigenvalue weighted by molar-refractivity contribution is 0.0753. The molecule has 0 radical (unpaired) electrons. The minimum absolute atomic E-state index is 0.129. The zero-order valence-corrected chi connectivity index (χ0v) is 12.7. The quantitative estimate of drug-likeness (QED) is 0.932. The summed E-state index contributed by atoms with van der Waals surface area (Å²) in [6.07, 6.45) is 5.00. The van der Waals surface area contributed by atoms with Crippen molar-refractivity contribution in [3.8, 4) is 0 Å². The molecule has 1 amide bonds. The van der Waals surface area contributed by atoms with Crippen LogP contribution in [0.15, 0.2) is 41.3 Å². The summed E-state index contributed by atoms with van der Waals surface area (Å²) >= 11 is 3.31. The third-order valence-corrected chi connectivity index (χ3v) is 3.34. The van der Waals surface area contributed by atoms with Gasteiger partial charge in [0.25, 0.3) is 5.91 Å². The topological polar surface area (TPSA) is 72.1 Å². The van der Waals surface area contributed by atoms with Gasteiger partial charge in [0.1, 0.15) is 5.82 Å². The summed E-state index contributed by atoms with van der Waals surface area (Å²) in [5, 5.41) is 0. The number of anilines is 1. The summed E-state index contributed by atoms with van der Waals surface area (Å²) in [4.78, 5) is 22.2. The van der Waals surface area contributed by atoms with Crippen molar-refractivity contribution in [1.82, 2.24) is 14.9 Å². The van der Waals surface area contributed by atoms with Crippen molar-refractivity contribution in [2.75, 3.05) is 12.3 Å². The lowest BCUT2D eigenvalue weighted by Gasteiger charge is -2.21. The van der Waals surface area contributed by atoms with Gasteiger partial charge >= 0.3 is 0 Å². The Morgan fingerprint density at radius 3 is 2.75 bits per heavy atom. The molecule has 5 nitrogen and oxygen atoms in total. The molecule has 0 aliphatic rings. The Labute approximate surface area is 126 Å². The molecule has 0 bridgehead atoms. The Bertz CT molecular complexity index is 603. The van der Waals surface area contributed by atoms with E-state index in [1.54, 1.807) is 29.6 Å². The van der Waals surface area contributed by atoms with Gasteiger partial charge in [-0.2, -0.15) is 0 Å². The Morgan fingerprint density at radius 2 is 2.10 bits per heavy atom. The molecule has 2 N–H and O–H groups in total. The number of nitrogens with zero attached hydrogens (tertiary/aromatic N) is 3. The highest BCUT2D eigenvalue weighted by Gasteiger charge is 2.18. The molecule has 0 aromatic carbocycles. The molecule has 2 rings (SSSR count). The van der Waals surface area contributed by atoms with E-state index in [0.29, 0.717) is 18.7 Å². The van der Waals surface area contributed by atoms with Crippen molar-refractivity contribution < 1.29 is 4.79 Å². The average molecular weight is 335 g/mol. The van der Waals surface area contributed by atoms with Crippen molar-refractivity contribution in [2.45, 2.75) is 13.5 Å². The van der Waals surface area contributed by atoms with Crippen LogP contribution in [0.3, 0.4) is 0 Å². The Hall–Kier alpha value is -1.95. The van der Waals surface area contributed by atoms with Crippen molar-refractivity contribution in [3.05, 3.63) is 52.4 Å². The number of hydrogen-bond donors (Lipinski definition) is 1. The van der Waals surface area contributed by atoms with Crippen LogP contribution in [-0.2, 0) is 6.54 Å². The van der Waals surface area contributed by atoms with Crippen LogP contribution in [0.5, 0.6) is 0 Å². The number of carbonyl (C=O) groups is 1. The van der Waals surface area contributed by atoms with Crippen molar-refractivity contribution in [1.29, 1.82) is 0 Å². The summed E-state index contributed by atoms with van der Waals surface area (Å²) < 4.78 is 0.731. The van der Waals surface area contributed by atoms with Crippen LogP contribution in [0.1, 0.15) is 22.8 Å². The van der Waals surface area contributed by atoms with E-state index in [1.807, 2.05) is 19.1 Å². The van der Waals surface area contributed by atoms with E-state index in [9.17, 15) is 4.79 Å². The van der Waals surface area contributed by atoms with Gasteiger partial charge in [0.2, 0.25) is 0 Å². The van der Waals surface area contributed by atoms with Crippen LogP contribution in [0, 0.1) is 0 Å². The molecular formula is C14H15BrN4O. The molecule has 0 saturated heterocycles. The van der Waals surface area contributed by atoms with Gasteiger partial charge in [-0.25, -0.2) is 4.98 Å². The van der Waals surface area contributed by atoms with Crippen LogP contribution in [0.4, 0.5) is 5.82 Å². The smallest absolute Gasteiger partial charge is 0.257 e. The normalized spacial score (nSPS) is 10.3. The summed E-state index contributed by atoms with van der Waals surface area (Å²) in [6, 6.07) is 5.47. The lowest BCUT2D eigenvalue weighted by atomic mass is 10.2. The second kappa shape index (κ2) is 6.47. The molecule has 2 aromatic rings. The minimum Gasteiger partial charge on any atom is -0.383 e. The van der Waals surface area contributed by atoms with E-state index in [4.69, 9.17) is 5.73 Å². The lowest BCUT2D eigenvalue weighted by Crippen LogP contribution is -2.31. The molecule has 6 heteroatoms. The van der Waals surface area contributed by atoms with Crippen molar-refractivity contribution in [3.63, 3.8) is 0 Å². The fourth-order valence-corrected chi connectivity index (χ4v) is 2.16. The SMILES string of the molecule is CCN(Cc1ccncc1)C(=O)c1cc(Br)cnc1N. The number of nitrogens with two attached hydrogens (primary N) is 1. The van der Waals surface area contributed by atoms with Gasteiger partial charge in [-0.1, -0.05) is 0 Å². The van der Waals surface area contributed by atoms with Crippen molar-refractivity contribution >= 4 is 27.7 Å². The molecule has 0 saturated carbocycles. The van der Waals surface area contributed by atoms with Crippen LogP contribution in [0.2, 0.25) is 0 Å².